The molecule has 2 unspecified atom stereocenters. The lowest BCUT2D eigenvalue weighted by atomic mass is 9.89. The van der Waals surface area contributed by atoms with Crippen molar-refractivity contribution in [2.75, 3.05) is 12.8 Å². The molecular formula is C14H24N2O2S. The third-order valence-corrected chi connectivity index (χ3v) is 5.67. The van der Waals surface area contributed by atoms with E-state index in [4.69, 9.17) is 0 Å². The number of thioether (sulfide) groups is 1. The summed E-state index contributed by atoms with van der Waals surface area (Å²) in [6.07, 6.45) is 4.12. The van der Waals surface area contributed by atoms with Gasteiger partial charge in [-0.1, -0.05) is 0 Å². The van der Waals surface area contributed by atoms with E-state index in [1.165, 1.54) is 0 Å². The van der Waals surface area contributed by atoms with E-state index >= 15 is 0 Å². The number of hydrogen-bond donors (Lipinski definition) is 1. The van der Waals surface area contributed by atoms with Crippen LogP contribution >= 0.6 is 11.8 Å². The van der Waals surface area contributed by atoms with Crippen LogP contribution in [-0.2, 0) is 9.59 Å². The zero-order chi connectivity index (χ0) is 14.4. The zero-order valence-corrected chi connectivity index (χ0v) is 13.3. The maximum Gasteiger partial charge on any atom is 0.249 e. The van der Waals surface area contributed by atoms with E-state index in [0.717, 1.165) is 12.8 Å². The van der Waals surface area contributed by atoms with Crippen molar-refractivity contribution in [1.82, 2.24) is 10.2 Å². The van der Waals surface area contributed by atoms with Crippen LogP contribution in [0.25, 0.3) is 0 Å². The Morgan fingerprint density at radius 1 is 1.42 bits per heavy atom. The van der Waals surface area contributed by atoms with Gasteiger partial charge in [0.25, 0.3) is 0 Å². The predicted molar refractivity (Wildman–Crippen MR) is 78.0 cm³/mol. The van der Waals surface area contributed by atoms with Crippen LogP contribution in [0.1, 0.15) is 40.5 Å². The third-order valence-electron chi connectivity index (χ3n) is 4.43. The molecule has 2 rings (SSSR count). The molecule has 108 valence electrons. The molecule has 1 N–H and O–H groups in total. The first-order valence-corrected chi connectivity index (χ1v) is 8.12. The summed E-state index contributed by atoms with van der Waals surface area (Å²) in [6.45, 7) is 8.53. The molecule has 0 spiro atoms. The molecule has 0 radical (unpaired) electrons. The van der Waals surface area contributed by atoms with Crippen LogP contribution in [0.5, 0.6) is 0 Å². The van der Waals surface area contributed by atoms with E-state index in [9.17, 15) is 9.59 Å². The lowest BCUT2D eigenvalue weighted by Gasteiger charge is -2.46. The summed E-state index contributed by atoms with van der Waals surface area (Å²) in [5, 5.41) is 2.95. The van der Waals surface area contributed by atoms with E-state index in [2.05, 4.69) is 19.2 Å². The van der Waals surface area contributed by atoms with Gasteiger partial charge in [0.2, 0.25) is 11.8 Å². The number of nitrogens with one attached hydrogen (secondary N) is 1. The maximum atomic E-state index is 12.8. The molecule has 1 saturated carbocycles. The minimum atomic E-state index is -0.682. The van der Waals surface area contributed by atoms with Crippen molar-refractivity contribution in [3.8, 4) is 0 Å². The van der Waals surface area contributed by atoms with Crippen molar-refractivity contribution in [2.45, 2.75) is 56.9 Å². The Morgan fingerprint density at radius 3 is 2.47 bits per heavy atom. The van der Waals surface area contributed by atoms with Gasteiger partial charge in [-0.2, -0.15) is 11.8 Å². The maximum absolute atomic E-state index is 12.8. The molecule has 2 aliphatic rings. The molecule has 1 saturated heterocycles. The van der Waals surface area contributed by atoms with Crippen LogP contribution in [0.15, 0.2) is 0 Å². The number of carbonyl (C=O) groups is 2. The van der Waals surface area contributed by atoms with E-state index in [0.29, 0.717) is 12.5 Å². The average molecular weight is 284 g/mol. The van der Waals surface area contributed by atoms with E-state index in [1.807, 2.05) is 20.1 Å². The Labute approximate surface area is 119 Å². The Bertz CT molecular complexity index is 406. The Kier molecular flexibility index (Phi) is 3.62. The highest BCUT2D eigenvalue weighted by molar-refractivity contribution is 7.99. The number of nitrogens with zero attached hydrogens (tertiary/aromatic N) is 1. The van der Waals surface area contributed by atoms with Gasteiger partial charge >= 0.3 is 0 Å². The standard InChI is InChI=1S/C14H24N2O2S/c1-9-11(17)15-14(4,10-6-7-10)12(18)16(9)8-13(2,3)19-5/h9-10H,6-8H2,1-5H3,(H,15,17). The molecule has 2 amide bonds. The molecule has 0 aromatic heterocycles. The fourth-order valence-electron chi connectivity index (χ4n) is 2.65. The Morgan fingerprint density at radius 2 is 2.00 bits per heavy atom. The van der Waals surface area contributed by atoms with Gasteiger partial charge in [0.1, 0.15) is 11.6 Å². The number of amides is 2. The number of rotatable bonds is 4. The topological polar surface area (TPSA) is 49.4 Å². The van der Waals surface area contributed by atoms with Crippen molar-refractivity contribution >= 4 is 23.6 Å². The van der Waals surface area contributed by atoms with Gasteiger partial charge in [-0.05, 0) is 52.7 Å². The fourth-order valence-corrected chi connectivity index (χ4v) is 2.92. The van der Waals surface area contributed by atoms with Crippen LogP contribution in [0, 0.1) is 5.92 Å². The SMILES string of the molecule is CSC(C)(C)CN1C(=O)C(C)(C2CC2)NC(=O)C1C. The molecule has 4 nitrogen and oxygen atoms in total. The molecule has 1 aliphatic heterocycles. The molecule has 5 heteroatoms. The van der Waals surface area contributed by atoms with Crippen molar-refractivity contribution in [2.24, 2.45) is 5.92 Å². The van der Waals surface area contributed by atoms with Gasteiger partial charge in [0, 0.05) is 11.3 Å². The second-order valence-electron chi connectivity index (χ2n) is 6.54. The van der Waals surface area contributed by atoms with Gasteiger partial charge in [0.15, 0.2) is 0 Å². The lowest BCUT2D eigenvalue weighted by molar-refractivity contribution is -0.154. The molecule has 2 fully saturated rings. The van der Waals surface area contributed by atoms with Crippen LogP contribution in [0.3, 0.4) is 0 Å². The minimum absolute atomic E-state index is 0.0223. The summed E-state index contributed by atoms with van der Waals surface area (Å²) in [6, 6.07) is -0.370. The van der Waals surface area contributed by atoms with Crippen LogP contribution in [-0.4, -0.2) is 45.8 Å². The van der Waals surface area contributed by atoms with Crippen LogP contribution < -0.4 is 5.32 Å². The Hall–Kier alpha value is -0.710. The normalized spacial score (nSPS) is 32.5. The molecule has 0 aromatic rings. The average Bonchev–Trinajstić information content (AvgIpc) is 3.17. The smallest absolute Gasteiger partial charge is 0.249 e. The largest absolute Gasteiger partial charge is 0.340 e. The number of hydrogen-bond acceptors (Lipinski definition) is 3. The van der Waals surface area contributed by atoms with E-state index < -0.39 is 5.54 Å². The molecule has 1 aliphatic carbocycles. The lowest BCUT2D eigenvalue weighted by Crippen LogP contribution is -2.70. The van der Waals surface area contributed by atoms with Gasteiger partial charge < -0.3 is 10.2 Å². The third kappa shape index (κ3) is 2.62. The van der Waals surface area contributed by atoms with E-state index in [1.54, 1.807) is 16.7 Å². The summed E-state index contributed by atoms with van der Waals surface area (Å²) in [7, 11) is 0. The summed E-state index contributed by atoms with van der Waals surface area (Å²) in [5.41, 5.74) is -0.682. The minimum Gasteiger partial charge on any atom is -0.340 e. The fraction of sp³-hybridized carbons (Fsp3) is 0.857. The van der Waals surface area contributed by atoms with Crippen molar-refractivity contribution in [3.05, 3.63) is 0 Å². The Balaban J connectivity index is 2.24. The second-order valence-corrected chi connectivity index (χ2v) is 8.05. The highest BCUT2D eigenvalue weighted by atomic mass is 32.2. The van der Waals surface area contributed by atoms with Gasteiger partial charge in [-0.25, -0.2) is 0 Å². The van der Waals surface area contributed by atoms with Crippen LogP contribution in [0.4, 0.5) is 0 Å². The molecule has 0 bridgehead atoms. The van der Waals surface area contributed by atoms with Crippen molar-refractivity contribution in [3.63, 3.8) is 0 Å². The van der Waals surface area contributed by atoms with Gasteiger partial charge in [0.05, 0.1) is 0 Å². The monoisotopic (exact) mass is 284 g/mol. The molecule has 1 heterocycles. The molecular weight excluding hydrogens is 260 g/mol. The zero-order valence-electron chi connectivity index (χ0n) is 12.4. The molecule has 2 atom stereocenters. The van der Waals surface area contributed by atoms with Crippen molar-refractivity contribution < 1.29 is 9.59 Å². The number of carbonyl (C=O) groups excluding carboxylic acids is 2. The second kappa shape index (κ2) is 4.69. The summed E-state index contributed by atoms with van der Waals surface area (Å²) in [5.74, 6) is 0.381. The van der Waals surface area contributed by atoms with Gasteiger partial charge in [-0.3, -0.25) is 9.59 Å². The first-order chi connectivity index (χ1) is 8.71. The summed E-state index contributed by atoms with van der Waals surface area (Å²) >= 11 is 1.72. The van der Waals surface area contributed by atoms with Gasteiger partial charge in [-0.15, -0.1) is 0 Å². The quantitative estimate of drug-likeness (QED) is 0.854. The number of piperazine rings is 1. The highest BCUT2D eigenvalue weighted by Crippen LogP contribution is 2.42. The summed E-state index contributed by atoms with van der Waals surface area (Å²) < 4.78 is -0.0357. The highest BCUT2D eigenvalue weighted by Gasteiger charge is 2.54. The molecule has 19 heavy (non-hydrogen) atoms. The first kappa shape index (κ1) is 14.7. The summed E-state index contributed by atoms with van der Waals surface area (Å²) in [4.78, 5) is 26.7. The van der Waals surface area contributed by atoms with E-state index in [-0.39, 0.29) is 22.6 Å². The first-order valence-electron chi connectivity index (χ1n) is 6.89. The van der Waals surface area contributed by atoms with Crippen molar-refractivity contribution in [1.29, 1.82) is 0 Å². The predicted octanol–water partition coefficient (Wildman–Crippen LogP) is 1.64. The molecule has 0 aromatic carbocycles. The van der Waals surface area contributed by atoms with Crippen LogP contribution in [0.2, 0.25) is 0 Å².